The third-order valence-electron chi connectivity index (χ3n) is 4.50. The maximum atomic E-state index is 13.5. The molecular weight excluding hydrogens is 494 g/mol. The molecular formula is C20H30IO6P. The highest BCUT2D eigenvalue weighted by Gasteiger charge is 2.55. The van der Waals surface area contributed by atoms with Crippen molar-refractivity contribution in [3.63, 3.8) is 0 Å². The average molecular weight is 524 g/mol. The van der Waals surface area contributed by atoms with Crippen molar-refractivity contribution in [2.24, 2.45) is 5.41 Å². The number of aryl methyl sites for hydroxylation is 1. The molecule has 0 aliphatic heterocycles. The van der Waals surface area contributed by atoms with E-state index in [1.165, 1.54) is 7.11 Å². The first-order chi connectivity index (χ1) is 13.4. The van der Waals surface area contributed by atoms with E-state index in [1.807, 2.05) is 30.3 Å². The van der Waals surface area contributed by atoms with Crippen molar-refractivity contribution >= 4 is 41.7 Å². The maximum Gasteiger partial charge on any atom is 0.397 e. The van der Waals surface area contributed by atoms with Gasteiger partial charge in [-0.1, -0.05) is 59.3 Å². The van der Waals surface area contributed by atoms with Gasteiger partial charge in [-0.3, -0.25) is 14.2 Å². The second-order valence-corrected chi connectivity index (χ2v) is 9.34. The minimum absolute atomic E-state index is 0.0483. The number of ether oxygens (including phenoxy) is 1. The number of unbranched alkanes of at least 4 members (excludes halogenated alkanes) is 1. The molecule has 0 spiro atoms. The van der Waals surface area contributed by atoms with Crippen LogP contribution in [0.3, 0.4) is 0 Å². The molecule has 0 fully saturated rings. The van der Waals surface area contributed by atoms with Crippen molar-refractivity contribution in [1.82, 2.24) is 0 Å². The number of hydrogen-bond donors (Lipinski definition) is 0. The van der Waals surface area contributed by atoms with Crippen molar-refractivity contribution in [1.29, 1.82) is 0 Å². The number of carbonyl (C=O) groups excluding carboxylic acids is 2. The second-order valence-electron chi connectivity index (χ2n) is 6.34. The van der Waals surface area contributed by atoms with Crippen LogP contribution in [0.1, 0.15) is 45.1 Å². The van der Waals surface area contributed by atoms with Gasteiger partial charge in [0.15, 0.2) is 0 Å². The van der Waals surface area contributed by atoms with E-state index in [4.69, 9.17) is 13.8 Å². The van der Waals surface area contributed by atoms with Crippen molar-refractivity contribution in [3.05, 3.63) is 35.9 Å². The van der Waals surface area contributed by atoms with Gasteiger partial charge in [-0.15, -0.1) is 0 Å². The van der Waals surface area contributed by atoms with Crippen molar-refractivity contribution in [2.45, 2.75) is 46.0 Å². The molecule has 8 heteroatoms. The Morgan fingerprint density at radius 1 is 1.04 bits per heavy atom. The molecule has 1 aromatic carbocycles. The summed E-state index contributed by atoms with van der Waals surface area (Å²) in [6.07, 6.45) is 2.39. The normalized spacial score (nSPS) is 13.7. The Bertz CT molecular complexity index is 656. The first-order valence-electron chi connectivity index (χ1n) is 9.52. The summed E-state index contributed by atoms with van der Waals surface area (Å²) in [7, 11) is -2.86. The number of methoxy groups -OCH3 is 1. The number of halogens is 1. The molecule has 0 bridgehead atoms. The maximum absolute atomic E-state index is 13.5. The Balaban J connectivity index is 3.32. The molecule has 0 saturated heterocycles. The molecule has 0 saturated carbocycles. The quantitative estimate of drug-likeness (QED) is 0.0834. The van der Waals surface area contributed by atoms with Crippen LogP contribution in [-0.4, -0.2) is 36.2 Å². The molecule has 6 nitrogen and oxygen atoms in total. The predicted octanol–water partition coefficient (Wildman–Crippen LogP) is 5.18. The van der Waals surface area contributed by atoms with Crippen LogP contribution in [0, 0.1) is 5.41 Å². The molecule has 0 heterocycles. The highest BCUT2D eigenvalue weighted by atomic mass is 127. The molecule has 1 aromatic rings. The minimum Gasteiger partial charge on any atom is -0.468 e. The number of esters is 1. The minimum atomic E-state index is -4.11. The van der Waals surface area contributed by atoms with Crippen LogP contribution in [0.4, 0.5) is 0 Å². The van der Waals surface area contributed by atoms with Crippen LogP contribution in [0.25, 0.3) is 0 Å². The summed E-state index contributed by atoms with van der Waals surface area (Å²) in [5.74, 6) is -0.679. The molecule has 28 heavy (non-hydrogen) atoms. The van der Waals surface area contributed by atoms with E-state index >= 15 is 0 Å². The predicted molar refractivity (Wildman–Crippen MR) is 118 cm³/mol. The molecule has 0 aliphatic carbocycles. The van der Waals surface area contributed by atoms with Crippen LogP contribution in [0.5, 0.6) is 0 Å². The fourth-order valence-electron chi connectivity index (χ4n) is 3.11. The topological polar surface area (TPSA) is 78.9 Å². The van der Waals surface area contributed by atoms with Gasteiger partial charge >= 0.3 is 13.6 Å². The van der Waals surface area contributed by atoms with Gasteiger partial charge < -0.3 is 13.8 Å². The van der Waals surface area contributed by atoms with Gasteiger partial charge in [0, 0.05) is 0 Å². The van der Waals surface area contributed by atoms with Gasteiger partial charge in [-0.05, 0) is 49.5 Å². The number of benzene rings is 1. The largest absolute Gasteiger partial charge is 0.468 e. The zero-order chi connectivity index (χ0) is 21.0. The van der Waals surface area contributed by atoms with Gasteiger partial charge in [-0.25, -0.2) is 0 Å². The standard InChI is InChI=1S/C20H30IO6P/c1-4-26-28(24,27-5-2)19(23)20(18(22)25-3,14-9-10-16-21)15-13-17-11-7-6-8-12-17/h6-8,11-12H,4-5,9-10,13-16H2,1-3H3. The van der Waals surface area contributed by atoms with Crippen molar-refractivity contribution in [3.8, 4) is 0 Å². The number of rotatable bonds is 14. The fraction of sp³-hybridized carbons (Fsp3) is 0.600. The third kappa shape index (κ3) is 6.65. The Morgan fingerprint density at radius 3 is 2.14 bits per heavy atom. The summed E-state index contributed by atoms with van der Waals surface area (Å²) in [5.41, 5.74) is -1.36. The molecule has 0 N–H and O–H groups in total. The van der Waals surface area contributed by atoms with Crippen LogP contribution < -0.4 is 0 Å². The molecule has 1 rings (SSSR count). The highest BCUT2D eigenvalue weighted by molar-refractivity contribution is 14.1. The smallest absolute Gasteiger partial charge is 0.397 e. The number of hydrogen-bond acceptors (Lipinski definition) is 6. The SMILES string of the molecule is CCOP(=O)(OCC)C(=O)C(CCCCI)(CCc1ccccc1)C(=O)OC. The lowest BCUT2D eigenvalue weighted by molar-refractivity contribution is -0.157. The molecule has 0 aromatic heterocycles. The van der Waals surface area contributed by atoms with Crippen LogP contribution in [0.2, 0.25) is 0 Å². The van der Waals surface area contributed by atoms with E-state index < -0.39 is 24.5 Å². The Hall–Kier alpha value is -0.760. The second kappa shape index (κ2) is 12.7. The average Bonchev–Trinajstić information content (AvgIpc) is 2.70. The number of alkyl halides is 1. The van der Waals surface area contributed by atoms with Crippen molar-refractivity contribution in [2.75, 3.05) is 24.8 Å². The van der Waals surface area contributed by atoms with E-state index in [0.29, 0.717) is 12.8 Å². The lowest BCUT2D eigenvalue weighted by atomic mass is 9.78. The van der Waals surface area contributed by atoms with E-state index in [-0.39, 0.29) is 26.1 Å². The summed E-state index contributed by atoms with van der Waals surface area (Å²) in [6.45, 7) is 3.37. The summed E-state index contributed by atoms with van der Waals surface area (Å²) in [4.78, 5) is 26.3. The van der Waals surface area contributed by atoms with Gasteiger partial charge in [0.25, 0.3) is 5.52 Å². The van der Waals surface area contributed by atoms with Gasteiger partial charge in [-0.2, -0.15) is 0 Å². The molecule has 0 amide bonds. The Labute approximate surface area is 181 Å². The van der Waals surface area contributed by atoms with Crippen LogP contribution in [0.15, 0.2) is 30.3 Å². The Morgan fingerprint density at radius 2 is 1.64 bits per heavy atom. The van der Waals surface area contributed by atoms with E-state index in [0.717, 1.165) is 16.4 Å². The van der Waals surface area contributed by atoms with Crippen molar-refractivity contribution < 1.29 is 27.9 Å². The summed E-state index contributed by atoms with van der Waals surface area (Å²) in [6, 6.07) is 9.57. The van der Waals surface area contributed by atoms with E-state index in [2.05, 4.69) is 22.6 Å². The summed E-state index contributed by atoms with van der Waals surface area (Å²) >= 11 is 2.25. The fourth-order valence-corrected chi connectivity index (χ4v) is 5.47. The van der Waals surface area contributed by atoms with Gasteiger partial charge in [0.2, 0.25) is 0 Å². The van der Waals surface area contributed by atoms with Gasteiger partial charge in [0.05, 0.1) is 20.3 Å². The zero-order valence-electron chi connectivity index (χ0n) is 16.8. The summed E-state index contributed by atoms with van der Waals surface area (Å²) in [5, 5.41) is 0. The first kappa shape index (κ1) is 25.3. The zero-order valence-corrected chi connectivity index (χ0v) is 19.9. The highest BCUT2D eigenvalue weighted by Crippen LogP contribution is 2.56. The Kier molecular flexibility index (Phi) is 11.5. The molecule has 0 aliphatic rings. The third-order valence-corrected chi connectivity index (χ3v) is 7.39. The van der Waals surface area contributed by atoms with Crippen LogP contribution in [-0.2, 0) is 34.4 Å². The van der Waals surface area contributed by atoms with Gasteiger partial charge in [0.1, 0.15) is 5.41 Å². The van der Waals surface area contributed by atoms with E-state index in [1.54, 1.807) is 13.8 Å². The lowest BCUT2D eigenvalue weighted by Crippen LogP contribution is -2.41. The summed E-state index contributed by atoms with van der Waals surface area (Å²) < 4.78 is 29.7. The molecule has 1 atom stereocenters. The monoisotopic (exact) mass is 524 g/mol. The number of carbonyl (C=O) groups is 2. The molecule has 0 radical (unpaired) electrons. The lowest BCUT2D eigenvalue weighted by Gasteiger charge is -2.32. The van der Waals surface area contributed by atoms with Crippen LogP contribution >= 0.6 is 30.2 Å². The molecule has 1 unspecified atom stereocenters. The molecule has 158 valence electrons. The van der Waals surface area contributed by atoms with E-state index in [9.17, 15) is 14.2 Å². The first-order valence-corrected chi connectivity index (χ1v) is 12.6.